The van der Waals surface area contributed by atoms with Crippen molar-refractivity contribution in [3.8, 4) is 0 Å². The van der Waals surface area contributed by atoms with E-state index in [0.29, 0.717) is 0 Å². The highest BCUT2D eigenvalue weighted by molar-refractivity contribution is 5.81. The van der Waals surface area contributed by atoms with E-state index in [1.807, 2.05) is 0 Å². The van der Waals surface area contributed by atoms with Crippen molar-refractivity contribution >= 4 is 12.1 Å². The summed E-state index contributed by atoms with van der Waals surface area (Å²) in [6, 6.07) is -3.61. The van der Waals surface area contributed by atoms with Crippen LogP contribution >= 0.6 is 0 Å². The number of halogens is 3. The zero-order valence-corrected chi connectivity index (χ0v) is 10.8. The fourth-order valence-electron chi connectivity index (χ4n) is 1.94. The molecule has 5 nitrogen and oxygen atoms in total. The summed E-state index contributed by atoms with van der Waals surface area (Å²) < 4.78 is 43.2. The zero-order chi connectivity index (χ0) is 15.0. The average molecular weight is 283 g/mol. The number of nitrogens with zero attached hydrogens (tertiary/aromatic N) is 1. The summed E-state index contributed by atoms with van der Waals surface area (Å²) in [5.74, 6) is -1.46. The zero-order valence-electron chi connectivity index (χ0n) is 10.8. The predicted octanol–water partition coefficient (Wildman–Crippen LogP) is 2.40. The van der Waals surface area contributed by atoms with Crippen LogP contribution in [0, 0.1) is 0 Å². The van der Waals surface area contributed by atoms with E-state index in [4.69, 9.17) is 9.84 Å². The molecule has 8 heteroatoms. The van der Waals surface area contributed by atoms with Gasteiger partial charge in [0.2, 0.25) is 0 Å². The fraction of sp³-hybridized carbons (Fsp3) is 0.818. The van der Waals surface area contributed by atoms with Crippen molar-refractivity contribution in [3.63, 3.8) is 0 Å². The highest BCUT2D eigenvalue weighted by Crippen LogP contribution is 2.36. The lowest BCUT2D eigenvalue weighted by molar-refractivity contribution is -0.178. The number of rotatable bonds is 1. The van der Waals surface area contributed by atoms with Gasteiger partial charge in [-0.25, -0.2) is 9.59 Å². The van der Waals surface area contributed by atoms with Crippen LogP contribution in [0.25, 0.3) is 0 Å². The second kappa shape index (κ2) is 4.90. The van der Waals surface area contributed by atoms with E-state index in [-0.39, 0.29) is 11.3 Å². The predicted molar refractivity (Wildman–Crippen MR) is 58.6 cm³/mol. The second-order valence-electron chi connectivity index (χ2n) is 5.38. The molecule has 1 aliphatic rings. The van der Waals surface area contributed by atoms with Gasteiger partial charge in [0.1, 0.15) is 17.7 Å². The van der Waals surface area contributed by atoms with Crippen LogP contribution in [-0.4, -0.2) is 45.9 Å². The standard InChI is InChI=1S/C11H16F3NO4/c1-10(2,3)19-9(18)15-6(8(16)17)4-5-7(15)11(12,13)14/h6-7H,4-5H2,1-3H3,(H,16,17)/t6-,7+/m0/s1. The minimum atomic E-state index is -4.67. The molecule has 1 aliphatic heterocycles. The van der Waals surface area contributed by atoms with Crippen molar-refractivity contribution in [1.29, 1.82) is 0 Å². The van der Waals surface area contributed by atoms with Gasteiger partial charge in [-0.3, -0.25) is 4.90 Å². The first-order valence-electron chi connectivity index (χ1n) is 5.74. The highest BCUT2D eigenvalue weighted by atomic mass is 19.4. The Bertz CT molecular complexity index is 375. The fourth-order valence-corrected chi connectivity index (χ4v) is 1.94. The van der Waals surface area contributed by atoms with Gasteiger partial charge in [-0.2, -0.15) is 13.2 Å². The number of ether oxygens (including phenoxy) is 1. The van der Waals surface area contributed by atoms with Crippen molar-refractivity contribution < 1.29 is 32.6 Å². The summed E-state index contributed by atoms with van der Waals surface area (Å²) in [7, 11) is 0. The van der Waals surface area contributed by atoms with Gasteiger partial charge in [0.05, 0.1) is 0 Å². The van der Waals surface area contributed by atoms with Gasteiger partial charge >= 0.3 is 18.2 Å². The Morgan fingerprint density at radius 2 is 1.74 bits per heavy atom. The number of hydrogen-bond donors (Lipinski definition) is 1. The Hall–Kier alpha value is -1.47. The van der Waals surface area contributed by atoms with Crippen molar-refractivity contribution in [2.24, 2.45) is 0 Å². The van der Waals surface area contributed by atoms with Crippen molar-refractivity contribution in [2.75, 3.05) is 0 Å². The maximum Gasteiger partial charge on any atom is 0.411 e. The average Bonchev–Trinajstić information content (AvgIpc) is 2.57. The molecule has 0 aromatic heterocycles. The third kappa shape index (κ3) is 3.74. The van der Waals surface area contributed by atoms with E-state index < -0.39 is 42.3 Å². The van der Waals surface area contributed by atoms with Gasteiger partial charge < -0.3 is 9.84 Å². The number of likely N-dealkylation sites (tertiary alicyclic amines) is 1. The molecule has 19 heavy (non-hydrogen) atoms. The van der Waals surface area contributed by atoms with Crippen LogP contribution in [-0.2, 0) is 9.53 Å². The van der Waals surface area contributed by atoms with Gasteiger partial charge in [0.25, 0.3) is 0 Å². The third-order valence-electron chi connectivity index (χ3n) is 2.65. The number of alkyl halides is 3. The van der Waals surface area contributed by atoms with Crippen molar-refractivity contribution in [3.05, 3.63) is 0 Å². The van der Waals surface area contributed by atoms with Crippen molar-refractivity contribution in [1.82, 2.24) is 4.90 Å². The van der Waals surface area contributed by atoms with E-state index in [1.165, 1.54) is 20.8 Å². The second-order valence-corrected chi connectivity index (χ2v) is 5.38. The maximum absolute atomic E-state index is 12.8. The molecule has 0 radical (unpaired) electrons. The molecule has 0 unspecified atom stereocenters. The Labute approximate surface area is 108 Å². The monoisotopic (exact) mass is 283 g/mol. The molecule has 0 bridgehead atoms. The van der Waals surface area contributed by atoms with Crippen molar-refractivity contribution in [2.45, 2.75) is 57.5 Å². The molecule has 0 aromatic carbocycles. The minimum absolute atomic E-state index is 0.237. The van der Waals surface area contributed by atoms with Crippen LogP contribution < -0.4 is 0 Å². The molecule has 1 fully saturated rings. The summed E-state index contributed by atoms with van der Waals surface area (Å²) in [4.78, 5) is 23.0. The van der Waals surface area contributed by atoms with Gasteiger partial charge in [-0.1, -0.05) is 0 Å². The summed E-state index contributed by atoms with van der Waals surface area (Å²) in [5, 5.41) is 8.90. The van der Waals surface area contributed by atoms with E-state index in [1.54, 1.807) is 0 Å². The topological polar surface area (TPSA) is 66.8 Å². The highest BCUT2D eigenvalue weighted by Gasteiger charge is 2.54. The lowest BCUT2D eigenvalue weighted by Gasteiger charge is -2.31. The molecular formula is C11H16F3NO4. The summed E-state index contributed by atoms with van der Waals surface area (Å²) in [6.45, 7) is 4.50. The quantitative estimate of drug-likeness (QED) is 0.802. The first-order chi connectivity index (χ1) is 8.43. The Balaban J connectivity index is 2.99. The maximum atomic E-state index is 12.8. The molecule has 1 N–H and O–H groups in total. The summed E-state index contributed by atoms with van der Waals surface area (Å²) in [6.07, 6.45) is -6.58. The van der Waals surface area contributed by atoms with E-state index >= 15 is 0 Å². The van der Waals surface area contributed by atoms with Gasteiger partial charge in [0.15, 0.2) is 0 Å². The van der Waals surface area contributed by atoms with Gasteiger partial charge in [0, 0.05) is 0 Å². The first kappa shape index (κ1) is 15.6. The molecule has 1 saturated heterocycles. The Morgan fingerprint density at radius 3 is 2.11 bits per heavy atom. The number of carboxylic acid groups (broad SMARTS) is 1. The van der Waals surface area contributed by atoms with Gasteiger partial charge in [-0.15, -0.1) is 0 Å². The normalized spacial score (nSPS) is 24.4. The first-order valence-corrected chi connectivity index (χ1v) is 5.74. The van der Waals surface area contributed by atoms with Crippen LogP contribution in [0.3, 0.4) is 0 Å². The SMILES string of the molecule is CC(C)(C)OC(=O)N1[C@H](C(=O)O)CC[C@@H]1C(F)(F)F. The molecule has 0 aliphatic carbocycles. The summed E-state index contributed by atoms with van der Waals surface area (Å²) >= 11 is 0. The van der Waals surface area contributed by atoms with Gasteiger partial charge in [-0.05, 0) is 33.6 Å². The molecule has 0 saturated carbocycles. The molecule has 1 heterocycles. The number of carbonyl (C=O) groups excluding carboxylic acids is 1. The Morgan fingerprint density at radius 1 is 1.21 bits per heavy atom. The molecule has 110 valence electrons. The van der Waals surface area contributed by atoms with Crippen LogP contribution in [0.1, 0.15) is 33.6 Å². The molecule has 1 rings (SSSR count). The van der Waals surface area contributed by atoms with Crippen LogP contribution in [0.4, 0.5) is 18.0 Å². The number of amides is 1. The van der Waals surface area contributed by atoms with E-state index in [0.717, 1.165) is 0 Å². The van der Waals surface area contributed by atoms with Crippen LogP contribution in [0.5, 0.6) is 0 Å². The molecule has 2 atom stereocenters. The van der Waals surface area contributed by atoms with E-state index in [2.05, 4.69) is 0 Å². The molecule has 1 amide bonds. The number of carboxylic acids is 1. The third-order valence-corrected chi connectivity index (χ3v) is 2.65. The lowest BCUT2D eigenvalue weighted by Crippen LogP contribution is -2.51. The van der Waals surface area contributed by atoms with Crippen LogP contribution in [0.2, 0.25) is 0 Å². The minimum Gasteiger partial charge on any atom is -0.480 e. The molecule has 0 spiro atoms. The number of carbonyl (C=O) groups is 2. The van der Waals surface area contributed by atoms with Crippen LogP contribution in [0.15, 0.2) is 0 Å². The Kier molecular flexibility index (Phi) is 4.02. The van der Waals surface area contributed by atoms with E-state index in [9.17, 15) is 22.8 Å². The molecule has 0 aromatic rings. The number of hydrogen-bond acceptors (Lipinski definition) is 3. The summed E-state index contributed by atoms with van der Waals surface area (Å²) in [5.41, 5.74) is -0.987. The number of aliphatic carboxylic acids is 1. The largest absolute Gasteiger partial charge is 0.480 e. The smallest absolute Gasteiger partial charge is 0.411 e. The lowest BCUT2D eigenvalue weighted by atomic mass is 10.2. The molecular weight excluding hydrogens is 267 g/mol.